The highest BCUT2D eigenvalue weighted by Crippen LogP contribution is 2.07. The van der Waals surface area contributed by atoms with E-state index in [9.17, 15) is 0 Å². The quantitative estimate of drug-likeness (QED) is 0.638. The molecule has 68 valence electrons. The third-order valence-corrected chi connectivity index (χ3v) is 1.95. The second-order valence-corrected chi connectivity index (χ2v) is 3.04. The van der Waals surface area contributed by atoms with Crippen LogP contribution in [0.25, 0.3) is 0 Å². The van der Waals surface area contributed by atoms with Gasteiger partial charge in [0.05, 0.1) is 12.7 Å². The second kappa shape index (κ2) is 5.81. The first-order valence-electron chi connectivity index (χ1n) is 4.13. The summed E-state index contributed by atoms with van der Waals surface area (Å²) in [5, 5.41) is 0. The lowest BCUT2D eigenvalue weighted by atomic mass is 10.2. The fraction of sp³-hybridized carbons (Fsp3) is 1.00. The molecule has 0 aromatic carbocycles. The van der Waals surface area contributed by atoms with Crippen molar-refractivity contribution in [1.29, 1.82) is 0 Å². The summed E-state index contributed by atoms with van der Waals surface area (Å²) in [6, 6.07) is 0. The van der Waals surface area contributed by atoms with Crippen molar-refractivity contribution in [3.63, 3.8) is 0 Å². The van der Waals surface area contributed by atoms with E-state index in [1.807, 2.05) is 0 Å². The van der Waals surface area contributed by atoms with Crippen molar-refractivity contribution in [2.75, 3.05) is 26.7 Å². The standard InChI is InChI=1S/C8H17NO.ClH/c1-3-4-8-7-9(2)5-6-10-8;/h8H,3-7H2,1-2H3;1H. The molecule has 1 aliphatic heterocycles. The smallest absolute Gasteiger partial charge is 0.0702 e. The SMILES string of the molecule is CCCC1CN(C)CCO1.Cl. The number of halogens is 1. The van der Waals surface area contributed by atoms with Crippen molar-refractivity contribution in [3.05, 3.63) is 0 Å². The first-order chi connectivity index (χ1) is 4.83. The van der Waals surface area contributed by atoms with Crippen LogP contribution in [0.4, 0.5) is 0 Å². The van der Waals surface area contributed by atoms with E-state index < -0.39 is 0 Å². The van der Waals surface area contributed by atoms with Gasteiger partial charge >= 0.3 is 0 Å². The Bertz CT molecular complexity index is 98.1. The monoisotopic (exact) mass is 179 g/mol. The molecule has 0 saturated carbocycles. The molecule has 1 atom stereocenters. The van der Waals surface area contributed by atoms with E-state index in [2.05, 4.69) is 18.9 Å². The molecule has 0 aliphatic carbocycles. The largest absolute Gasteiger partial charge is 0.376 e. The Morgan fingerprint density at radius 3 is 2.82 bits per heavy atom. The Kier molecular flexibility index (Phi) is 5.92. The van der Waals surface area contributed by atoms with E-state index in [1.165, 1.54) is 12.8 Å². The summed E-state index contributed by atoms with van der Waals surface area (Å²) in [4.78, 5) is 2.34. The van der Waals surface area contributed by atoms with Crippen LogP contribution in [-0.2, 0) is 4.74 Å². The van der Waals surface area contributed by atoms with Gasteiger partial charge in [-0.1, -0.05) is 13.3 Å². The van der Waals surface area contributed by atoms with Gasteiger partial charge in [-0.15, -0.1) is 12.4 Å². The number of nitrogens with zero attached hydrogens (tertiary/aromatic N) is 1. The summed E-state index contributed by atoms with van der Waals surface area (Å²) in [6.07, 6.45) is 2.95. The Morgan fingerprint density at radius 2 is 2.27 bits per heavy atom. The molecule has 1 unspecified atom stereocenters. The van der Waals surface area contributed by atoms with Crippen LogP contribution >= 0.6 is 12.4 Å². The maximum absolute atomic E-state index is 5.55. The minimum Gasteiger partial charge on any atom is -0.376 e. The molecule has 0 radical (unpaired) electrons. The van der Waals surface area contributed by atoms with Crippen LogP contribution in [0.3, 0.4) is 0 Å². The second-order valence-electron chi connectivity index (χ2n) is 3.04. The average Bonchev–Trinajstić information content (AvgIpc) is 1.88. The van der Waals surface area contributed by atoms with Crippen LogP contribution in [-0.4, -0.2) is 37.7 Å². The molecular weight excluding hydrogens is 162 g/mol. The molecule has 0 aromatic heterocycles. The minimum atomic E-state index is 0. The predicted octanol–water partition coefficient (Wildman–Crippen LogP) is 1.54. The third kappa shape index (κ3) is 3.94. The van der Waals surface area contributed by atoms with Crippen molar-refractivity contribution in [2.24, 2.45) is 0 Å². The Hall–Kier alpha value is 0.210. The summed E-state index contributed by atoms with van der Waals surface area (Å²) < 4.78 is 5.55. The molecule has 1 saturated heterocycles. The number of ether oxygens (including phenoxy) is 1. The molecule has 0 bridgehead atoms. The third-order valence-electron chi connectivity index (χ3n) is 1.95. The predicted molar refractivity (Wildman–Crippen MR) is 49.4 cm³/mol. The summed E-state index contributed by atoms with van der Waals surface area (Å²) in [5.41, 5.74) is 0. The Balaban J connectivity index is 0.000001000. The molecule has 11 heavy (non-hydrogen) atoms. The van der Waals surface area contributed by atoms with Crippen molar-refractivity contribution in [1.82, 2.24) is 4.90 Å². The van der Waals surface area contributed by atoms with Gasteiger partial charge < -0.3 is 9.64 Å². The minimum absolute atomic E-state index is 0. The number of morpholine rings is 1. The highest BCUT2D eigenvalue weighted by atomic mass is 35.5. The van der Waals surface area contributed by atoms with Crippen molar-refractivity contribution in [3.8, 4) is 0 Å². The molecule has 0 N–H and O–H groups in total. The molecule has 0 amide bonds. The average molecular weight is 180 g/mol. The lowest BCUT2D eigenvalue weighted by Gasteiger charge is -2.29. The molecular formula is C8H18ClNO. The zero-order valence-corrected chi connectivity index (χ0v) is 8.19. The van der Waals surface area contributed by atoms with E-state index in [4.69, 9.17) is 4.74 Å². The number of hydrogen-bond donors (Lipinski definition) is 0. The van der Waals surface area contributed by atoms with Crippen molar-refractivity contribution < 1.29 is 4.74 Å². The van der Waals surface area contributed by atoms with E-state index in [0.717, 1.165) is 19.7 Å². The normalized spacial score (nSPS) is 26.2. The van der Waals surface area contributed by atoms with Crippen LogP contribution < -0.4 is 0 Å². The molecule has 3 heteroatoms. The first-order valence-corrected chi connectivity index (χ1v) is 4.13. The van der Waals surface area contributed by atoms with Gasteiger partial charge in [0.25, 0.3) is 0 Å². The van der Waals surface area contributed by atoms with Crippen LogP contribution in [0, 0.1) is 0 Å². The topological polar surface area (TPSA) is 12.5 Å². The van der Waals surface area contributed by atoms with Gasteiger partial charge in [-0.2, -0.15) is 0 Å². The maximum atomic E-state index is 5.55. The highest BCUT2D eigenvalue weighted by Gasteiger charge is 2.15. The fourth-order valence-corrected chi connectivity index (χ4v) is 1.36. The van der Waals surface area contributed by atoms with Crippen molar-refractivity contribution >= 4 is 12.4 Å². The Labute approximate surface area is 75.3 Å². The molecule has 1 fully saturated rings. The van der Waals surface area contributed by atoms with E-state index in [0.29, 0.717) is 6.10 Å². The number of rotatable bonds is 2. The lowest BCUT2D eigenvalue weighted by Crippen LogP contribution is -2.39. The molecule has 1 heterocycles. The van der Waals surface area contributed by atoms with Gasteiger partial charge in [-0.3, -0.25) is 0 Å². The van der Waals surface area contributed by atoms with Gasteiger partial charge in [0, 0.05) is 13.1 Å². The van der Waals surface area contributed by atoms with Crippen LogP contribution in [0.5, 0.6) is 0 Å². The number of likely N-dealkylation sites (N-methyl/N-ethyl adjacent to an activating group) is 1. The molecule has 0 aromatic rings. The van der Waals surface area contributed by atoms with Gasteiger partial charge in [-0.05, 0) is 13.5 Å². The molecule has 2 nitrogen and oxygen atoms in total. The van der Waals surface area contributed by atoms with Crippen molar-refractivity contribution in [2.45, 2.75) is 25.9 Å². The summed E-state index contributed by atoms with van der Waals surface area (Å²) in [7, 11) is 2.16. The van der Waals surface area contributed by atoms with Gasteiger partial charge in [0.15, 0.2) is 0 Å². The van der Waals surface area contributed by atoms with E-state index in [-0.39, 0.29) is 12.4 Å². The van der Waals surface area contributed by atoms with Crippen LogP contribution in [0.1, 0.15) is 19.8 Å². The summed E-state index contributed by atoms with van der Waals surface area (Å²) in [6.45, 7) is 5.34. The lowest BCUT2D eigenvalue weighted by molar-refractivity contribution is -0.0234. The van der Waals surface area contributed by atoms with Crippen LogP contribution in [0.2, 0.25) is 0 Å². The molecule has 1 rings (SSSR count). The maximum Gasteiger partial charge on any atom is 0.0702 e. The van der Waals surface area contributed by atoms with Crippen LogP contribution in [0.15, 0.2) is 0 Å². The van der Waals surface area contributed by atoms with Gasteiger partial charge in [-0.25, -0.2) is 0 Å². The zero-order chi connectivity index (χ0) is 7.40. The fourth-order valence-electron chi connectivity index (χ4n) is 1.36. The highest BCUT2D eigenvalue weighted by molar-refractivity contribution is 5.85. The van der Waals surface area contributed by atoms with Gasteiger partial charge in [0.1, 0.15) is 0 Å². The van der Waals surface area contributed by atoms with E-state index >= 15 is 0 Å². The molecule has 0 spiro atoms. The number of hydrogen-bond acceptors (Lipinski definition) is 2. The summed E-state index contributed by atoms with van der Waals surface area (Å²) in [5.74, 6) is 0. The zero-order valence-electron chi connectivity index (χ0n) is 7.38. The first kappa shape index (κ1) is 11.2. The molecule has 1 aliphatic rings. The Morgan fingerprint density at radius 1 is 1.55 bits per heavy atom. The van der Waals surface area contributed by atoms with E-state index in [1.54, 1.807) is 0 Å². The van der Waals surface area contributed by atoms with Gasteiger partial charge in [0.2, 0.25) is 0 Å². The summed E-state index contributed by atoms with van der Waals surface area (Å²) >= 11 is 0.